The summed E-state index contributed by atoms with van der Waals surface area (Å²) in [5.74, 6) is -0.304. The van der Waals surface area contributed by atoms with Gasteiger partial charge in [-0.1, -0.05) is 42.5 Å². The van der Waals surface area contributed by atoms with Gasteiger partial charge in [0.1, 0.15) is 11.5 Å². The van der Waals surface area contributed by atoms with E-state index < -0.39 is 5.97 Å². The van der Waals surface area contributed by atoms with Gasteiger partial charge in [-0.15, -0.1) is 0 Å². The average molecular weight is 390 g/mol. The van der Waals surface area contributed by atoms with Crippen LogP contribution in [0.5, 0.6) is 0 Å². The predicted molar refractivity (Wildman–Crippen MR) is 110 cm³/mol. The van der Waals surface area contributed by atoms with Crippen LogP contribution in [0.2, 0.25) is 0 Å². The Balaban J connectivity index is 1.53. The largest absolute Gasteiger partial charge is 0.465 e. The van der Waals surface area contributed by atoms with Crippen LogP contribution >= 0.6 is 0 Å². The number of para-hydroxylation sites is 1. The van der Waals surface area contributed by atoms with Gasteiger partial charge in [0.25, 0.3) is 5.91 Å². The summed E-state index contributed by atoms with van der Waals surface area (Å²) in [7, 11) is 1.33. The van der Waals surface area contributed by atoms with Crippen LogP contribution in [0.1, 0.15) is 32.8 Å². The summed E-state index contributed by atoms with van der Waals surface area (Å²) >= 11 is 0. The van der Waals surface area contributed by atoms with Crippen LogP contribution in [-0.4, -0.2) is 35.5 Å². The molecule has 0 unspecified atom stereocenters. The molecule has 0 aliphatic carbocycles. The number of benzene rings is 2. The van der Waals surface area contributed by atoms with Crippen LogP contribution in [0.3, 0.4) is 0 Å². The minimum Gasteiger partial charge on any atom is -0.465 e. The number of anilines is 2. The molecule has 1 aromatic heterocycles. The molecule has 29 heavy (non-hydrogen) atoms. The number of amides is 1. The number of aryl methyl sites for hydroxylation is 1. The van der Waals surface area contributed by atoms with Crippen molar-refractivity contribution in [3.05, 3.63) is 83.8 Å². The van der Waals surface area contributed by atoms with E-state index in [9.17, 15) is 9.59 Å². The number of aromatic nitrogens is 2. The van der Waals surface area contributed by atoms with Crippen LogP contribution in [0.25, 0.3) is 0 Å². The summed E-state index contributed by atoms with van der Waals surface area (Å²) in [5.41, 5.74) is 2.41. The maximum atomic E-state index is 12.2. The fourth-order valence-electron chi connectivity index (χ4n) is 2.76. The van der Waals surface area contributed by atoms with E-state index in [1.54, 1.807) is 24.3 Å². The van der Waals surface area contributed by atoms with Crippen molar-refractivity contribution in [2.24, 2.45) is 0 Å². The number of nitrogens with zero attached hydrogens (tertiary/aromatic N) is 2. The number of methoxy groups -OCH3 is 1. The maximum Gasteiger partial charge on any atom is 0.339 e. The molecular formula is C22H22N4O3. The Labute approximate surface area is 169 Å². The number of ether oxygens (including phenoxy) is 1. The highest BCUT2D eigenvalue weighted by Gasteiger charge is 2.12. The van der Waals surface area contributed by atoms with Crippen LogP contribution in [0.4, 0.5) is 11.5 Å². The minimum absolute atomic E-state index is 0.233. The summed E-state index contributed by atoms with van der Waals surface area (Å²) in [4.78, 5) is 32.4. The highest BCUT2D eigenvalue weighted by atomic mass is 16.5. The fourth-order valence-corrected chi connectivity index (χ4v) is 2.76. The number of carbonyl (C=O) groups is 2. The zero-order valence-electron chi connectivity index (χ0n) is 16.1. The molecule has 0 saturated carbocycles. The smallest absolute Gasteiger partial charge is 0.339 e. The Hall–Kier alpha value is -3.74. The van der Waals surface area contributed by atoms with Gasteiger partial charge in [0, 0.05) is 6.54 Å². The second kappa shape index (κ2) is 9.98. The highest BCUT2D eigenvalue weighted by Crippen LogP contribution is 2.19. The predicted octanol–water partition coefficient (Wildman–Crippen LogP) is 3.37. The monoisotopic (exact) mass is 390 g/mol. The van der Waals surface area contributed by atoms with Crippen LogP contribution in [0.15, 0.2) is 67.0 Å². The summed E-state index contributed by atoms with van der Waals surface area (Å²) in [6.45, 7) is 0.557. The first-order chi connectivity index (χ1) is 14.2. The molecule has 7 nitrogen and oxygen atoms in total. The molecule has 2 aromatic carbocycles. The number of hydrogen-bond donors (Lipinski definition) is 2. The lowest BCUT2D eigenvalue weighted by Crippen LogP contribution is -2.25. The van der Waals surface area contributed by atoms with Crippen molar-refractivity contribution < 1.29 is 14.3 Å². The SMILES string of the molecule is COC(=O)c1ccccc1Nc1cnc(C(=O)NCCCc2ccccc2)cn1. The van der Waals surface area contributed by atoms with Gasteiger partial charge in [0.05, 0.1) is 30.8 Å². The van der Waals surface area contributed by atoms with Crippen molar-refractivity contribution >= 4 is 23.4 Å². The van der Waals surface area contributed by atoms with Gasteiger partial charge < -0.3 is 15.4 Å². The molecule has 0 saturated heterocycles. The molecule has 1 amide bonds. The molecule has 2 N–H and O–H groups in total. The van der Waals surface area contributed by atoms with E-state index in [0.29, 0.717) is 23.6 Å². The molecule has 0 spiro atoms. The van der Waals surface area contributed by atoms with Crippen LogP contribution in [-0.2, 0) is 11.2 Å². The van der Waals surface area contributed by atoms with Gasteiger partial charge >= 0.3 is 5.97 Å². The first-order valence-electron chi connectivity index (χ1n) is 9.26. The number of carbonyl (C=O) groups excluding carboxylic acids is 2. The molecule has 3 aromatic rings. The van der Waals surface area contributed by atoms with E-state index in [0.717, 1.165) is 12.8 Å². The third-order valence-corrected chi connectivity index (χ3v) is 4.25. The summed E-state index contributed by atoms with van der Waals surface area (Å²) in [6.07, 6.45) is 4.59. The molecule has 0 fully saturated rings. The molecule has 0 bridgehead atoms. The highest BCUT2D eigenvalue weighted by molar-refractivity contribution is 5.96. The number of nitrogens with one attached hydrogen (secondary N) is 2. The topological polar surface area (TPSA) is 93.2 Å². The van der Waals surface area contributed by atoms with Gasteiger partial charge in [-0.2, -0.15) is 0 Å². The molecule has 1 heterocycles. The Bertz CT molecular complexity index is 959. The lowest BCUT2D eigenvalue weighted by Gasteiger charge is -2.10. The average Bonchev–Trinajstić information content (AvgIpc) is 2.77. The van der Waals surface area contributed by atoms with E-state index in [2.05, 4.69) is 32.7 Å². The second-order valence-corrected chi connectivity index (χ2v) is 6.29. The van der Waals surface area contributed by atoms with E-state index in [1.807, 2.05) is 18.2 Å². The molecule has 0 aliphatic rings. The molecule has 0 aliphatic heterocycles. The quantitative estimate of drug-likeness (QED) is 0.452. The first-order valence-corrected chi connectivity index (χ1v) is 9.26. The Morgan fingerprint density at radius 3 is 2.45 bits per heavy atom. The van der Waals surface area contributed by atoms with Crippen molar-refractivity contribution in [2.45, 2.75) is 12.8 Å². The van der Waals surface area contributed by atoms with Crippen molar-refractivity contribution in [1.82, 2.24) is 15.3 Å². The van der Waals surface area contributed by atoms with Crippen molar-refractivity contribution in [2.75, 3.05) is 19.0 Å². The van der Waals surface area contributed by atoms with E-state index >= 15 is 0 Å². The molecule has 3 rings (SSSR count). The number of hydrogen-bond acceptors (Lipinski definition) is 6. The third-order valence-electron chi connectivity index (χ3n) is 4.25. The number of esters is 1. The summed E-state index contributed by atoms with van der Waals surface area (Å²) in [5, 5.41) is 5.87. The van der Waals surface area contributed by atoms with Crippen molar-refractivity contribution in [1.29, 1.82) is 0 Å². The molecule has 0 radical (unpaired) electrons. The molecule has 148 valence electrons. The van der Waals surface area contributed by atoms with Gasteiger partial charge in [-0.25, -0.2) is 14.8 Å². The zero-order chi connectivity index (χ0) is 20.5. The lowest BCUT2D eigenvalue weighted by molar-refractivity contribution is 0.0601. The number of rotatable bonds is 8. The van der Waals surface area contributed by atoms with Crippen LogP contribution in [0, 0.1) is 0 Å². The Kier molecular flexibility index (Phi) is 6.89. The molecule has 0 atom stereocenters. The summed E-state index contributed by atoms with van der Waals surface area (Å²) < 4.78 is 4.77. The van der Waals surface area contributed by atoms with Gasteiger partial charge in [-0.05, 0) is 30.5 Å². The Morgan fingerprint density at radius 2 is 1.72 bits per heavy atom. The normalized spacial score (nSPS) is 10.2. The van der Waals surface area contributed by atoms with Gasteiger partial charge in [-0.3, -0.25) is 4.79 Å². The van der Waals surface area contributed by atoms with Crippen molar-refractivity contribution in [3.8, 4) is 0 Å². The third kappa shape index (κ3) is 5.62. The minimum atomic E-state index is -0.451. The van der Waals surface area contributed by atoms with Crippen LogP contribution < -0.4 is 10.6 Å². The first kappa shape index (κ1) is 20.0. The lowest BCUT2D eigenvalue weighted by atomic mass is 10.1. The van der Waals surface area contributed by atoms with Gasteiger partial charge in [0.15, 0.2) is 0 Å². The maximum absolute atomic E-state index is 12.2. The second-order valence-electron chi connectivity index (χ2n) is 6.29. The van der Waals surface area contributed by atoms with E-state index in [1.165, 1.54) is 25.1 Å². The van der Waals surface area contributed by atoms with Crippen molar-refractivity contribution in [3.63, 3.8) is 0 Å². The molecular weight excluding hydrogens is 368 g/mol. The molecule has 7 heteroatoms. The van der Waals surface area contributed by atoms with Gasteiger partial charge in [0.2, 0.25) is 0 Å². The van der Waals surface area contributed by atoms with E-state index in [4.69, 9.17) is 4.74 Å². The van der Waals surface area contributed by atoms with E-state index in [-0.39, 0.29) is 11.6 Å². The zero-order valence-corrected chi connectivity index (χ0v) is 16.1. The summed E-state index contributed by atoms with van der Waals surface area (Å²) in [6, 6.07) is 17.0. The standard InChI is InChI=1S/C22H22N4O3/c1-29-22(28)17-11-5-6-12-18(17)26-20-15-24-19(14-25-20)21(27)23-13-7-10-16-8-3-2-4-9-16/h2-6,8-9,11-12,14-15H,7,10,13H2,1H3,(H,23,27)(H,25,26). The Morgan fingerprint density at radius 1 is 0.966 bits per heavy atom. The fraction of sp³-hybridized carbons (Fsp3) is 0.182.